The van der Waals surface area contributed by atoms with Gasteiger partial charge in [0.2, 0.25) is 0 Å². The number of carbonyl (C=O) groups is 1. The average Bonchev–Trinajstić information content (AvgIpc) is 2.03. The molecule has 1 atom stereocenters. The van der Waals surface area contributed by atoms with Crippen molar-refractivity contribution in [3.8, 4) is 0 Å². The van der Waals surface area contributed by atoms with Crippen LogP contribution in [0.3, 0.4) is 0 Å². The van der Waals surface area contributed by atoms with Gasteiger partial charge in [-0.05, 0) is 25.1 Å². The molecule has 4 heteroatoms. The second-order valence-electron chi connectivity index (χ2n) is 2.60. The lowest BCUT2D eigenvalue weighted by Gasteiger charge is -2.04. The van der Waals surface area contributed by atoms with E-state index in [4.69, 9.17) is 23.2 Å². The summed E-state index contributed by atoms with van der Waals surface area (Å²) in [7, 11) is 0. The predicted octanol–water partition coefficient (Wildman–Crippen LogP) is 3.96. The first kappa shape index (κ1) is 11.0. The molecule has 1 nitrogen and oxygen atoms in total. The topological polar surface area (TPSA) is 17.1 Å². The molecule has 13 heavy (non-hydrogen) atoms. The number of hydrogen-bond donors (Lipinski definition) is 0. The molecule has 0 saturated carbocycles. The van der Waals surface area contributed by atoms with Crippen LogP contribution in [-0.2, 0) is 0 Å². The van der Waals surface area contributed by atoms with Gasteiger partial charge in [-0.3, -0.25) is 4.79 Å². The Labute approximate surface area is 95.2 Å². The Morgan fingerprint density at radius 1 is 1.46 bits per heavy atom. The van der Waals surface area contributed by atoms with E-state index < -0.39 is 0 Å². The number of benzene rings is 1. The third kappa shape index (κ3) is 2.70. The van der Waals surface area contributed by atoms with Crippen LogP contribution in [0.1, 0.15) is 17.3 Å². The standard InChI is InChI=1S/C9H7BrCl2O/c1-5(10)9(13)7-3-2-6(11)4-8(7)12/h2-5H,1H3/t5-/m1/s1. The molecule has 0 spiro atoms. The van der Waals surface area contributed by atoms with Crippen molar-refractivity contribution >= 4 is 44.9 Å². The maximum atomic E-state index is 11.5. The summed E-state index contributed by atoms with van der Waals surface area (Å²) in [5.74, 6) is -0.0401. The minimum Gasteiger partial charge on any atom is -0.293 e. The molecule has 0 amide bonds. The summed E-state index contributed by atoms with van der Waals surface area (Å²) in [5.41, 5.74) is 0.496. The molecule has 0 aliphatic heterocycles. The van der Waals surface area contributed by atoms with Gasteiger partial charge >= 0.3 is 0 Å². The Hall–Kier alpha value is -0.0500. The first-order valence-corrected chi connectivity index (χ1v) is 5.33. The summed E-state index contributed by atoms with van der Waals surface area (Å²) in [6.45, 7) is 1.76. The van der Waals surface area contributed by atoms with E-state index >= 15 is 0 Å². The summed E-state index contributed by atoms with van der Waals surface area (Å²) in [4.78, 5) is 11.3. The molecule has 1 aromatic rings. The number of hydrogen-bond acceptors (Lipinski definition) is 1. The lowest BCUT2D eigenvalue weighted by molar-refractivity contribution is 0.0996. The van der Waals surface area contributed by atoms with E-state index in [1.807, 2.05) is 0 Å². The quantitative estimate of drug-likeness (QED) is 0.592. The van der Waals surface area contributed by atoms with E-state index in [0.717, 1.165) is 0 Å². The van der Waals surface area contributed by atoms with Gasteiger partial charge in [-0.2, -0.15) is 0 Å². The largest absolute Gasteiger partial charge is 0.293 e. The molecule has 0 N–H and O–H groups in total. The Morgan fingerprint density at radius 3 is 2.54 bits per heavy atom. The zero-order valence-electron chi connectivity index (χ0n) is 6.85. The SMILES string of the molecule is C[C@@H](Br)C(=O)c1ccc(Cl)cc1Cl. The molecule has 1 aromatic carbocycles. The van der Waals surface area contributed by atoms with E-state index in [0.29, 0.717) is 15.6 Å². The highest BCUT2D eigenvalue weighted by molar-refractivity contribution is 9.10. The smallest absolute Gasteiger partial charge is 0.177 e. The molecule has 0 bridgehead atoms. The van der Waals surface area contributed by atoms with Crippen LogP contribution >= 0.6 is 39.1 Å². The van der Waals surface area contributed by atoms with E-state index in [1.165, 1.54) is 0 Å². The van der Waals surface area contributed by atoms with Crippen LogP contribution in [0, 0.1) is 0 Å². The number of ketones is 1. The van der Waals surface area contributed by atoms with E-state index in [1.54, 1.807) is 25.1 Å². The van der Waals surface area contributed by atoms with Crippen LogP contribution in [0.25, 0.3) is 0 Å². The zero-order chi connectivity index (χ0) is 10.0. The van der Waals surface area contributed by atoms with Crippen molar-refractivity contribution in [1.29, 1.82) is 0 Å². The Balaban J connectivity index is 3.09. The molecule has 1 rings (SSSR count). The van der Waals surface area contributed by atoms with E-state index in [-0.39, 0.29) is 10.6 Å². The third-order valence-corrected chi connectivity index (χ3v) is 2.52. The van der Waals surface area contributed by atoms with Gasteiger partial charge in [0.05, 0.1) is 9.85 Å². The Kier molecular flexibility index (Phi) is 3.77. The molecule has 0 heterocycles. The second kappa shape index (κ2) is 4.45. The number of carbonyl (C=O) groups excluding carboxylic acids is 1. The van der Waals surface area contributed by atoms with Gasteiger partial charge in [0.15, 0.2) is 5.78 Å². The van der Waals surface area contributed by atoms with Gasteiger partial charge in [-0.1, -0.05) is 39.1 Å². The van der Waals surface area contributed by atoms with Gasteiger partial charge in [0.1, 0.15) is 0 Å². The summed E-state index contributed by atoms with van der Waals surface area (Å²) in [6.07, 6.45) is 0. The third-order valence-electron chi connectivity index (χ3n) is 1.56. The van der Waals surface area contributed by atoms with E-state index in [2.05, 4.69) is 15.9 Å². The maximum Gasteiger partial charge on any atom is 0.177 e. The first-order valence-electron chi connectivity index (χ1n) is 3.65. The molecular weight excluding hydrogens is 275 g/mol. The zero-order valence-corrected chi connectivity index (χ0v) is 9.95. The predicted molar refractivity (Wildman–Crippen MR) is 59.2 cm³/mol. The van der Waals surface area contributed by atoms with Crippen LogP contribution in [0.2, 0.25) is 10.0 Å². The number of rotatable bonds is 2. The first-order chi connectivity index (χ1) is 6.02. The Morgan fingerprint density at radius 2 is 2.08 bits per heavy atom. The summed E-state index contributed by atoms with van der Waals surface area (Å²) >= 11 is 14.7. The lowest BCUT2D eigenvalue weighted by Crippen LogP contribution is -2.10. The van der Waals surface area contributed by atoms with Crippen molar-refractivity contribution in [2.75, 3.05) is 0 Å². The minimum atomic E-state index is -0.230. The van der Waals surface area contributed by atoms with E-state index in [9.17, 15) is 4.79 Å². The van der Waals surface area contributed by atoms with Crippen molar-refractivity contribution in [3.63, 3.8) is 0 Å². The minimum absolute atomic E-state index is 0.0401. The van der Waals surface area contributed by atoms with Crippen molar-refractivity contribution in [2.24, 2.45) is 0 Å². The van der Waals surface area contributed by atoms with Crippen LogP contribution < -0.4 is 0 Å². The highest BCUT2D eigenvalue weighted by Gasteiger charge is 2.14. The number of alkyl halides is 1. The molecule has 0 aliphatic carbocycles. The molecule has 70 valence electrons. The molecule has 0 unspecified atom stereocenters. The number of halogens is 3. The van der Waals surface area contributed by atoms with Crippen LogP contribution in [0.5, 0.6) is 0 Å². The summed E-state index contributed by atoms with van der Waals surface area (Å²) < 4.78 is 0. The van der Waals surface area contributed by atoms with Crippen LogP contribution in [-0.4, -0.2) is 10.6 Å². The molecule has 0 radical (unpaired) electrons. The second-order valence-corrected chi connectivity index (χ2v) is 4.82. The fraction of sp³-hybridized carbons (Fsp3) is 0.222. The van der Waals surface area contributed by atoms with Crippen LogP contribution in [0.4, 0.5) is 0 Å². The molecule has 0 saturated heterocycles. The fourth-order valence-electron chi connectivity index (χ4n) is 0.904. The highest BCUT2D eigenvalue weighted by Crippen LogP contribution is 2.23. The maximum absolute atomic E-state index is 11.5. The van der Waals surface area contributed by atoms with Crippen molar-refractivity contribution in [3.05, 3.63) is 33.8 Å². The average molecular weight is 282 g/mol. The fourth-order valence-corrected chi connectivity index (χ4v) is 1.65. The molecule has 0 fully saturated rings. The van der Waals surface area contributed by atoms with Crippen molar-refractivity contribution in [1.82, 2.24) is 0 Å². The number of Topliss-reactive ketones (excluding diaryl/α,β-unsaturated/α-hetero) is 1. The molecule has 0 aliphatic rings. The Bertz CT molecular complexity index is 336. The molecule has 0 aromatic heterocycles. The van der Waals surface area contributed by atoms with Crippen molar-refractivity contribution in [2.45, 2.75) is 11.8 Å². The monoisotopic (exact) mass is 280 g/mol. The van der Waals surface area contributed by atoms with Gasteiger partial charge in [-0.25, -0.2) is 0 Å². The lowest BCUT2D eigenvalue weighted by atomic mass is 10.1. The van der Waals surface area contributed by atoms with Crippen LogP contribution in [0.15, 0.2) is 18.2 Å². The van der Waals surface area contributed by atoms with Gasteiger partial charge in [-0.15, -0.1) is 0 Å². The van der Waals surface area contributed by atoms with Gasteiger partial charge in [0.25, 0.3) is 0 Å². The normalized spacial score (nSPS) is 12.6. The van der Waals surface area contributed by atoms with Gasteiger partial charge in [0, 0.05) is 10.6 Å². The summed E-state index contributed by atoms with van der Waals surface area (Å²) in [6, 6.07) is 4.84. The highest BCUT2D eigenvalue weighted by atomic mass is 79.9. The van der Waals surface area contributed by atoms with Gasteiger partial charge < -0.3 is 0 Å². The van der Waals surface area contributed by atoms with Crippen molar-refractivity contribution < 1.29 is 4.79 Å². The summed E-state index contributed by atoms with van der Waals surface area (Å²) in [5, 5.41) is 0.924. The molecular formula is C9H7BrCl2O.